The second kappa shape index (κ2) is 4.75. The third kappa shape index (κ3) is 2.58. The molecule has 0 heterocycles. The Bertz CT molecular complexity index is 535. The lowest BCUT2D eigenvalue weighted by molar-refractivity contribution is 0.632. The van der Waals surface area contributed by atoms with Gasteiger partial charge in [0, 0.05) is 4.47 Å². The lowest BCUT2D eigenvalue weighted by Gasteiger charge is -2.12. The van der Waals surface area contributed by atoms with E-state index >= 15 is 0 Å². The van der Waals surface area contributed by atoms with E-state index in [1.54, 1.807) is 12.1 Å². The topological polar surface area (TPSA) is 38.0 Å². The van der Waals surface area contributed by atoms with E-state index < -0.39 is 0 Å². The van der Waals surface area contributed by atoms with E-state index in [2.05, 4.69) is 21.2 Å². The molecule has 0 fully saturated rings. The zero-order valence-electron chi connectivity index (χ0n) is 9.30. The molecule has 0 aliphatic heterocycles. The van der Waals surface area contributed by atoms with Gasteiger partial charge < -0.3 is 11.1 Å². The molecule has 0 aromatic heterocycles. The Morgan fingerprint density at radius 1 is 1.24 bits per heavy atom. The number of nitrogens with two attached hydrogens (primary N) is 1. The Balaban J connectivity index is 2.38. The van der Waals surface area contributed by atoms with E-state index in [1.165, 1.54) is 6.07 Å². The molecular weight excluding hydrogens is 283 g/mol. The number of hydrogen-bond acceptors (Lipinski definition) is 2. The third-order valence-electron chi connectivity index (χ3n) is 2.43. The molecule has 2 rings (SSSR count). The van der Waals surface area contributed by atoms with Crippen LogP contribution in [-0.2, 0) is 0 Å². The first-order valence-electron chi connectivity index (χ1n) is 5.15. The highest BCUT2D eigenvalue weighted by Crippen LogP contribution is 2.30. The number of nitrogen functional groups attached to an aromatic ring is 1. The molecule has 0 aliphatic rings. The molecule has 0 unspecified atom stereocenters. The van der Waals surface area contributed by atoms with Crippen LogP contribution in [0.5, 0.6) is 0 Å². The average Bonchev–Trinajstić information content (AvgIpc) is 2.26. The van der Waals surface area contributed by atoms with Gasteiger partial charge in [0.1, 0.15) is 5.82 Å². The molecule has 0 atom stereocenters. The Labute approximate surface area is 108 Å². The predicted octanol–water partition coefficient (Wildman–Crippen LogP) is 4.22. The number of aryl methyl sites for hydroxylation is 1. The number of halogens is 2. The molecule has 2 nitrogen and oxygen atoms in total. The summed E-state index contributed by atoms with van der Waals surface area (Å²) in [6, 6.07) is 10.4. The summed E-state index contributed by atoms with van der Waals surface area (Å²) in [5.74, 6) is -0.363. The Hall–Kier alpha value is -1.55. The molecular formula is C13H12BrFN2. The normalized spacial score (nSPS) is 10.3. The van der Waals surface area contributed by atoms with Gasteiger partial charge in [-0.1, -0.05) is 12.1 Å². The first-order chi connectivity index (χ1) is 8.08. The summed E-state index contributed by atoms with van der Waals surface area (Å²) in [6.07, 6.45) is 0. The van der Waals surface area contributed by atoms with Crippen LogP contribution in [0.4, 0.5) is 21.5 Å². The number of rotatable bonds is 2. The average molecular weight is 295 g/mol. The maximum absolute atomic E-state index is 13.6. The number of para-hydroxylation sites is 1. The molecule has 0 saturated heterocycles. The summed E-state index contributed by atoms with van der Waals surface area (Å²) in [5, 5.41) is 2.99. The summed E-state index contributed by atoms with van der Waals surface area (Å²) in [7, 11) is 0. The molecule has 0 bridgehead atoms. The minimum atomic E-state index is -0.363. The molecule has 0 amide bonds. The first-order valence-corrected chi connectivity index (χ1v) is 5.94. The van der Waals surface area contributed by atoms with Crippen LogP contribution in [0.2, 0.25) is 0 Å². The van der Waals surface area contributed by atoms with Crippen LogP contribution in [0.25, 0.3) is 0 Å². The molecule has 0 radical (unpaired) electrons. The van der Waals surface area contributed by atoms with Crippen molar-refractivity contribution in [1.29, 1.82) is 0 Å². The quantitative estimate of drug-likeness (QED) is 0.814. The predicted molar refractivity (Wildman–Crippen MR) is 73.0 cm³/mol. The van der Waals surface area contributed by atoms with Crippen LogP contribution in [0.15, 0.2) is 40.9 Å². The van der Waals surface area contributed by atoms with Crippen LogP contribution in [-0.4, -0.2) is 0 Å². The van der Waals surface area contributed by atoms with Gasteiger partial charge in [0.15, 0.2) is 0 Å². The standard InChI is InChI=1S/C13H12BrFN2/c1-8-5-6-12(9(14)7-8)17-13-10(15)3-2-4-11(13)16/h2-7,17H,16H2,1H3. The Morgan fingerprint density at radius 3 is 2.65 bits per heavy atom. The maximum Gasteiger partial charge on any atom is 0.148 e. The Morgan fingerprint density at radius 2 is 2.00 bits per heavy atom. The summed E-state index contributed by atoms with van der Waals surface area (Å²) in [5.41, 5.74) is 8.33. The van der Waals surface area contributed by atoms with Crippen molar-refractivity contribution < 1.29 is 4.39 Å². The zero-order chi connectivity index (χ0) is 12.4. The highest BCUT2D eigenvalue weighted by atomic mass is 79.9. The molecule has 17 heavy (non-hydrogen) atoms. The van der Waals surface area contributed by atoms with Crippen molar-refractivity contribution in [2.45, 2.75) is 6.92 Å². The SMILES string of the molecule is Cc1ccc(Nc2c(N)cccc2F)c(Br)c1. The summed E-state index contributed by atoms with van der Waals surface area (Å²) in [6.45, 7) is 1.99. The molecule has 4 heteroatoms. The molecule has 88 valence electrons. The van der Waals surface area contributed by atoms with Crippen LogP contribution < -0.4 is 11.1 Å². The van der Waals surface area contributed by atoms with Crippen LogP contribution in [0.1, 0.15) is 5.56 Å². The van der Waals surface area contributed by atoms with Gasteiger partial charge in [-0.3, -0.25) is 0 Å². The fourth-order valence-corrected chi connectivity index (χ4v) is 2.12. The van der Waals surface area contributed by atoms with E-state index in [-0.39, 0.29) is 5.82 Å². The van der Waals surface area contributed by atoms with Crippen molar-refractivity contribution in [3.05, 3.63) is 52.3 Å². The van der Waals surface area contributed by atoms with E-state index in [1.807, 2.05) is 25.1 Å². The second-order valence-corrected chi connectivity index (χ2v) is 4.67. The van der Waals surface area contributed by atoms with Gasteiger partial charge in [0.05, 0.1) is 17.1 Å². The fourth-order valence-electron chi connectivity index (χ4n) is 1.53. The molecule has 2 aromatic rings. The van der Waals surface area contributed by atoms with Gasteiger partial charge in [-0.25, -0.2) is 4.39 Å². The Kier molecular flexibility index (Phi) is 3.33. The number of anilines is 3. The molecule has 0 saturated carbocycles. The molecule has 0 aliphatic carbocycles. The van der Waals surface area contributed by atoms with Gasteiger partial charge in [0.25, 0.3) is 0 Å². The molecule has 0 spiro atoms. The van der Waals surface area contributed by atoms with Crippen LogP contribution in [0, 0.1) is 12.7 Å². The smallest absolute Gasteiger partial charge is 0.148 e. The number of nitrogens with one attached hydrogen (secondary N) is 1. The van der Waals surface area contributed by atoms with Gasteiger partial charge in [0.2, 0.25) is 0 Å². The second-order valence-electron chi connectivity index (χ2n) is 3.81. The fraction of sp³-hybridized carbons (Fsp3) is 0.0769. The first kappa shape index (κ1) is 11.9. The summed E-state index contributed by atoms with van der Waals surface area (Å²) >= 11 is 3.43. The molecule has 3 N–H and O–H groups in total. The zero-order valence-corrected chi connectivity index (χ0v) is 10.9. The van der Waals surface area contributed by atoms with Gasteiger partial charge in [-0.15, -0.1) is 0 Å². The van der Waals surface area contributed by atoms with Gasteiger partial charge >= 0.3 is 0 Å². The summed E-state index contributed by atoms with van der Waals surface area (Å²) in [4.78, 5) is 0. The van der Waals surface area contributed by atoms with Crippen molar-refractivity contribution in [1.82, 2.24) is 0 Å². The largest absolute Gasteiger partial charge is 0.397 e. The maximum atomic E-state index is 13.6. The van der Waals surface area contributed by atoms with Crippen molar-refractivity contribution in [3.8, 4) is 0 Å². The van der Waals surface area contributed by atoms with E-state index in [0.717, 1.165) is 15.7 Å². The van der Waals surface area contributed by atoms with Crippen molar-refractivity contribution in [3.63, 3.8) is 0 Å². The van der Waals surface area contributed by atoms with Crippen molar-refractivity contribution in [2.24, 2.45) is 0 Å². The van der Waals surface area contributed by atoms with E-state index in [9.17, 15) is 4.39 Å². The van der Waals surface area contributed by atoms with E-state index in [0.29, 0.717) is 11.4 Å². The minimum Gasteiger partial charge on any atom is -0.397 e. The van der Waals surface area contributed by atoms with Gasteiger partial charge in [-0.2, -0.15) is 0 Å². The lowest BCUT2D eigenvalue weighted by atomic mass is 10.2. The minimum absolute atomic E-state index is 0.303. The monoisotopic (exact) mass is 294 g/mol. The van der Waals surface area contributed by atoms with Crippen molar-refractivity contribution >= 4 is 33.0 Å². The number of benzene rings is 2. The summed E-state index contributed by atoms with van der Waals surface area (Å²) < 4.78 is 14.5. The molecule has 2 aromatic carbocycles. The van der Waals surface area contributed by atoms with Gasteiger partial charge in [-0.05, 0) is 52.7 Å². The number of hydrogen-bond donors (Lipinski definition) is 2. The van der Waals surface area contributed by atoms with E-state index in [4.69, 9.17) is 5.73 Å². The van der Waals surface area contributed by atoms with Crippen molar-refractivity contribution in [2.75, 3.05) is 11.1 Å². The third-order valence-corrected chi connectivity index (χ3v) is 3.09. The lowest BCUT2D eigenvalue weighted by Crippen LogP contribution is -1.99. The van der Waals surface area contributed by atoms with Crippen LogP contribution in [0.3, 0.4) is 0 Å². The highest BCUT2D eigenvalue weighted by molar-refractivity contribution is 9.10. The highest BCUT2D eigenvalue weighted by Gasteiger charge is 2.07. The van der Waals surface area contributed by atoms with Crippen LogP contribution >= 0.6 is 15.9 Å².